The molecular weight excluding hydrogens is 424 g/mol. The number of Topliss-reactive ketones (excluding diaryl/α,β-unsaturated/α-hetero) is 1. The van der Waals surface area contributed by atoms with E-state index in [1.165, 1.54) is 0 Å². The van der Waals surface area contributed by atoms with Crippen LogP contribution in [0.5, 0.6) is 0 Å². The van der Waals surface area contributed by atoms with E-state index in [0.29, 0.717) is 12.4 Å². The zero-order chi connectivity index (χ0) is 24.4. The molecule has 1 aliphatic carbocycles. The van der Waals surface area contributed by atoms with Gasteiger partial charge in [0.05, 0.1) is 11.6 Å². The average molecular weight is 457 g/mol. The zero-order valence-corrected chi connectivity index (χ0v) is 21.0. The van der Waals surface area contributed by atoms with Gasteiger partial charge in [-0.25, -0.2) is 9.97 Å². The minimum atomic E-state index is -0.262. The summed E-state index contributed by atoms with van der Waals surface area (Å²) in [5.41, 5.74) is 6.68. The highest BCUT2D eigenvalue weighted by atomic mass is 16.1. The topological polar surface area (TPSA) is 75.9 Å². The molecule has 2 aromatic heterocycles. The fourth-order valence-electron chi connectivity index (χ4n) is 5.39. The number of allylic oxidation sites excluding steroid dienone is 2. The highest BCUT2D eigenvalue weighted by Gasteiger charge is 2.46. The van der Waals surface area contributed by atoms with Gasteiger partial charge in [0.25, 0.3) is 5.95 Å². The van der Waals surface area contributed by atoms with Crippen molar-refractivity contribution in [2.24, 2.45) is 11.3 Å². The summed E-state index contributed by atoms with van der Waals surface area (Å²) in [5.74, 6) is 1.26. The molecule has 7 nitrogen and oxygen atoms in total. The van der Waals surface area contributed by atoms with Crippen LogP contribution in [-0.2, 0) is 4.79 Å². The van der Waals surface area contributed by atoms with Crippen LogP contribution < -0.4 is 10.2 Å². The molecule has 0 saturated carbocycles. The van der Waals surface area contributed by atoms with E-state index in [2.05, 4.69) is 64.4 Å². The zero-order valence-electron chi connectivity index (χ0n) is 21.0. The summed E-state index contributed by atoms with van der Waals surface area (Å²) in [6.45, 7) is 10.2. The number of aryl methyl sites for hydroxylation is 3. The molecule has 0 fully saturated rings. The maximum absolute atomic E-state index is 13.5. The standard InChI is InChI=1S/C27H32N6O/c1-15-12-16(2)29-26(28-15)33-25-22(17(3)31-33)23(18-8-10-19(11-9-18)32(6)7)24-20(30-25)13-27(4,5)14-21(24)34/h8-13,23-24,30H,14H2,1-7H3/t23-,24+/m1/s1. The van der Waals surface area contributed by atoms with Gasteiger partial charge in [-0.2, -0.15) is 9.78 Å². The van der Waals surface area contributed by atoms with Crippen LogP contribution in [0.15, 0.2) is 42.1 Å². The largest absolute Gasteiger partial charge is 0.378 e. The van der Waals surface area contributed by atoms with Crippen molar-refractivity contribution in [3.63, 3.8) is 0 Å². The predicted molar refractivity (Wildman–Crippen MR) is 135 cm³/mol. The van der Waals surface area contributed by atoms with Gasteiger partial charge >= 0.3 is 0 Å². The molecule has 5 rings (SSSR count). The third kappa shape index (κ3) is 3.69. The fourth-order valence-corrected chi connectivity index (χ4v) is 5.39. The summed E-state index contributed by atoms with van der Waals surface area (Å²) in [7, 11) is 4.06. The Kier molecular flexibility index (Phi) is 5.11. The number of aromatic nitrogens is 4. The van der Waals surface area contributed by atoms with Crippen molar-refractivity contribution in [2.75, 3.05) is 24.3 Å². The van der Waals surface area contributed by atoms with Crippen molar-refractivity contribution in [3.05, 3.63) is 70.3 Å². The molecule has 3 heterocycles. The van der Waals surface area contributed by atoms with Crippen LogP contribution in [0, 0.1) is 32.1 Å². The second-order valence-electron chi connectivity index (χ2n) is 10.5. The van der Waals surface area contributed by atoms with Gasteiger partial charge in [0.15, 0.2) is 0 Å². The summed E-state index contributed by atoms with van der Waals surface area (Å²) in [5, 5.41) is 8.46. The third-order valence-corrected chi connectivity index (χ3v) is 6.80. The van der Waals surface area contributed by atoms with Crippen molar-refractivity contribution in [2.45, 2.75) is 47.0 Å². The third-order valence-electron chi connectivity index (χ3n) is 6.80. The van der Waals surface area contributed by atoms with Crippen molar-refractivity contribution < 1.29 is 4.79 Å². The van der Waals surface area contributed by atoms with E-state index in [1.54, 1.807) is 4.68 Å². The molecule has 2 aliphatic rings. The van der Waals surface area contributed by atoms with Gasteiger partial charge in [-0.1, -0.05) is 32.1 Å². The van der Waals surface area contributed by atoms with Crippen LogP contribution >= 0.6 is 0 Å². The Bertz CT molecular complexity index is 1300. The first-order valence-electron chi connectivity index (χ1n) is 11.8. The molecular formula is C27H32N6O. The van der Waals surface area contributed by atoms with Gasteiger partial charge in [0, 0.05) is 54.8 Å². The number of ketones is 1. The van der Waals surface area contributed by atoms with Crippen LogP contribution in [-0.4, -0.2) is 39.6 Å². The summed E-state index contributed by atoms with van der Waals surface area (Å²) < 4.78 is 1.80. The Morgan fingerprint density at radius 3 is 2.29 bits per heavy atom. The van der Waals surface area contributed by atoms with E-state index >= 15 is 0 Å². The average Bonchev–Trinajstić information content (AvgIpc) is 3.07. The molecule has 0 radical (unpaired) electrons. The molecule has 0 amide bonds. The number of fused-ring (bicyclic) bond motifs is 2. The number of anilines is 2. The second kappa shape index (κ2) is 7.79. The van der Waals surface area contributed by atoms with Crippen LogP contribution in [0.1, 0.15) is 54.4 Å². The number of nitrogens with one attached hydrogen (secondary N) is 1. The molecule has 176 valence electrons. The molecule has 7 heteroatoms. The summed E-state index contributed by atoms with van der Waals surface area (Å²) in [6.07, 6.45) is 2.75. The lowest BCUT2D eigenvalue weighted by atomic mass is 9.67. The Labute approximate surface area is 200 Å². The minimum absolute atomic E-state index is 0.123. The van der Waals surface area contributed by atoms with E-state index in [1.807, 2.05) is 40.9 Å². The SMILES string of the molecule is Cc1cc(C)nc(-n2nc(C)c3c2NC2=CC(C)(C)CC(=O)[C@H]2[C@@H]3c2ccc(N(C)C)cc2)n1. The van der Waals surface area contributed by atoms with Crippen LogP contribution in [0.4, 0.5) is 11.5 Å². The molecule has 1 N–H and O–H groups in total. The highest BCUT2D eigenvalue weighted by molar-refractivity contribution is 5.90. The first-order chi connectivity index (χ1) is 16.0. The van der Waals surface area contributed by atoms with E-state index in [0.717, 1.165) is 45.4 Å². The molecule has 0 saturated heterocycles. The number of nitrogens with zero attached hydrogens (tertiary/aromatic N) is 5. The predicted octanol–water partition coefficient (Wildman–Crippen LogP) is 4.71. The van der Waals surface area contributed by atoms with Crippen LogP contribution in [0.3, 0.4) is 0 Å². The lowest BCUT2D eigenvalue weighted by Crippen LogP contribution is -2.39. The summed E-state index contributed by atoms with van der Waals surface area (Å²) >= 11 is 0. The second-order valence-corrected chi connectivity index (χ2v) is 10.5. The Morgan fingerprint density at radius 1 is 1.03 bits per heavy atom. The van der Waals surface area contributed by atoms with E-state index < -0.39 is 0 Å². The number of carbonyl (C=O) groups is 1. The molecule has 0 bridgehead atoms. The number of rotatable bonds is 3. The Hall–Kier alpha value is -3.48. The maximum Gasteiger partial charge on any atom is 0.252 e. The van der Waals surface area contributed by atoms with Crippen molar-refractivity contribution in [3.8, 4) is 5.95 Å². The molecule has 0 spiro atoms. The first kappa shape index (κ1) is 22.3. The monoisotopic (exact) mass is 456 g/mol. The molecule has 34 heavy (non-hydrogen) atoms. The minimum Gasteiger partial charge on any atom is -0.378 e. The van der Waals surface area contributed by atoms with Gasteiger partial charge in [-0.05, 0) is 49.9 Å². The van der Waals surface area contributed by atoms with Gasteiger partial charge in [-0.15, -0.1) is 0 Å². The molecule has 3 aromatic rings. The molecule has 2 atom stereocenters. The van der Waals surface area contributed by atoms with Gasteiger partial charge in [0.2, 0.25) is 0 Å². The molecule has 0 unspecified atom stereocenters. The summed E-state index contributed by atoms with van der Waals surface area (Å²) in [6, 6.07) is 10.5. The Balaban J connectivity index is 1.74. The smallest absolute Gasteiger partial charge is 0.252 e. The lowest BCUT2D eigenvalue weighted by Gasteiger charge is -2.40. The van der Waals surface area contributed by atoms with E-state index in [4.69, 9.17) is 5.10 Å². The fraction of sp³-hybridized carbons (Fsp3) is 0.407. The van der Waals surface area contributed by atoms with E-state index in [-0.39, 0.29) is 23.0 Å². The van der Waals surface area contributed by atoms with Gasteiger partial charge in [-0.3, -0.25) is 4.79 Å². The van der Waals surface area contributed by atoms with Crippen LogP contribution in [0.2, 0.25) is 0 Å². The highest BCUT2D eigenvalue weighted by Crippen LogP contribution is 2.50. The number of hydrogen-bond donors (Lipinski definition) is 1. The summed E-state index contributed by atoms with van der Waals surface area (Å²) in [4.78, 5) is 24.9. The van der Waals surface area contributed by atoms with Crippen molar-refractivity contribution in [1.82, 2.24) is 19.7 Å². The van der Waals surface area contributed by atoms with E-state index in [9.17, 15) is 4.79 Å². The lowest BCUT2D eigenvalue weighted by molar-refractivity contribution is -0.124. The first-order valence-corrected chi connectivity index (χ1v) is 11.8. The molecule has 1 aromatic carbocycles. The molecule has 1 aliphatic heterocycles. The number of carbonyl (C=O) groups excluding carboxylic acids is 1. The quantitative estimate of drug-likeness (QED) is 0.615. The van der Waals surface area contributed by atoms with Crippen LogP contribution in [0.25, 0.3) is 5.95 Å². The Morgan fingerprint density at radius 2 is 1.68 bits per heavy atom. The van der Waals surface area contributed by atoms with Gasteiger partial charge < -0.3 is 10.2 Å². The normalized spacial score (nSPS) is 20.8. The van der Waals surface area contributed by atoms with Crippen molar-refractivity contribution in [1.29, 1.82) is 0 Å². The number of benzene rings is 1. The number of hydrogen-bond acceptors (Lipinski definition) is 6. The maximum atomic E-state index is 13.5. The van der Waals surface area contributed by atoms with Crippen molar-refractivity contribution >= 4 is 17.3 Å². The van der Waals surface area contributed by atoms with Gasteiger partial charge in [0.1, 0.15) is 11.6 Å².